The minimum absolute atomic E-state index is 0.00419. The van der Waals surface area contributed by atoms with Crippen LogP contribution in [0.4, 0.5) is 5.82 Å². The molecule has 3 atom stereocenters. The third-order valence-electron chi connectivity index (χ3n) is 3.60. The summed E-state index contributed by atoms with van der Waals surface area (Å²) in [5.74, 6) is 0.290. The molecule has 0 unspecified atom stereocenters. The molecule has 21 heavy (non-hydrogen) atoms. The fourth-order valence-corrected chi connectivity index (χ4v) is 2.54. The van der Waals surface area contributed by atoms with Gasteiger partial charge in [-0.05, 0) is 12.3 Å². The van der Waals surface area contributed by atoms with E-state index in [1.165, 1.54) is 13.3 Å². The number of aromatic nitrogens is 2. The average molecular weight is 295 g/mol. The molecule has 2 rings (SSSR count). The molecular weight excluding hydrogens is 274 g/mol. The average Bonchev–Trinajstić information content (AvgIpc) is 2.94. The van der Waals surface area contributed by atoms with E-state index < -0.39 is 0 Å². The summed E-state index contributed by atoms with van der Waals surface area (Å²) in [6.45, 7) is 3.95. The molecule has 1 saturated heterocycles. The third kappa shape index (κ3) is 3.40. The van der Waals surface area contributed by atoms with E-state index in [4.69, 9.17) is 16.2 Å². The molecule has 0 amide bonds. The summed E-state index contributed by atoms with van der Waals surface area (Å²) in [6.07, 6.45) is 2.10. The van der Waals surface area contributed by atoms with E-state index in [0.29, 0.717) is 12.4 Å². The number of hydrogen-bond donors (Lipinski definition) is 3. The van der Waals surface area contributed by atoms with Crippen LogP contribution in [0.2, 0.25) is 0 Å². The van der Waals surface area contributed by atoms with Crippen molar-refractivity contribution < 1.29 is 14.6 Å². The first kappa shape index (κ1) is 15.5. The first-order valence-corrected chi connectivity index (χ1v) is 6.84. The lowest BCUT2D eigenvalue weighted by Crippen LogP contribution is -2.24. The summed E-state index contributed by atoms with van der Waals surface area (Å²) in [4.78, 5) is 19.6. The Balaban J connectivity index is 2.24. The van der Waals surface area contributed by atoms with E-state index in [2.05, 4.69) is 16.9 Å². The van der Waals surface area contributed by atoms with Crippen LogP contribution in [0, 0.1) is 5.92 Å². The molecule has 1 aliphatic rings. The summed E-state index contributed by atoms with van der Waals surface area (Å²) < 4.78 is 7.47. The number of aliphatic hydroxyl groups is 1. The zero-order valence-corrected chi connectivity index (χ0v) is 12.2. The molecule has 1 aromatic rings. The Morgan fingerprint density at radius 3 is 2.86 bits per heavy atom. The highest BCUT2D eigenvalue weighted by Gasteiger charge is 2.32. The number of imidazole rings is 1. The number of guanidine groups is 1. The van der Waals surface area contributed by atoms with E-state index in [9.17, 15) is 9.90 Å². The maximum absolute atomic E-state index is 11.6. The quantitative estimate of drug-likeness (QED) is 0.391. The summed E-state index contributed by atoms with van der Waals surface area (Å²) in [7, 11) is 0. The number of hydrogen-bond acceptors (Lipinski definition) is 5. The van der Waals surface area contributed by atoms with Gasteiger partial charge in [0.05, 0.1) is 31.7 Å². The van der Waals surface area contributed by atoms with Crippen LogP contribution in [0.3, 0.4) is 0 Å². The second-order valence-electron chi connectivity index (χ2n) is 5.35. The predicted octanol–water partition coefficient (Wildman–Crippen LogP) is -0.223. The Morgan fingerprint density at radius 2 is 2.33 bits per heavy atom. The topological polar surface area (TPSA) is 129 Å². The Labute approximate surface area is 122 Å². The maximum Gasteiger partial charge on any atom is 0.192 e. The molecule has 0 spiro atoms. The number of carbonyl (C=O) groups excluding carboxylic acids is 1. The van der Waals surface area contributed by atoms with Crippen LogP contribution in [-0.4, -0.2) is 45.2 Å². The SMILES string of the molecule is CC(=O)c1ncn(C[C@@H]2O[C@H](CO)C[C@@H]2C)c1N=C(N)N. The minimum atomic E-state index is -0.206. The Kier molecular flexibility index (Phi) is 4.59. The van der Waals surface area contributed by atoms with Crippen molar-refractivity contribution in [2.24, 2.45) is 22.4 Å². The Bertz CT molecular complexity index is 550. The fourth-order valence-electron chi connectivity index (χ4n) is 2.54. The lowest BCUT2D eigenvalue weighted by molar-refractivity contribution is -0.00100. The molecule has 1 aromatic heterocycles. The van der Waals surface area contributed by atoms with Gasteiger partial charge < -0.3 is 25.9 Å². The van der Waals surface area contributed by atoms with Gasteiger partial charge in [-0.25, -0.2) is 4.98 Å². The van der Waals surface area contributed by atoms with Crippen molar-refractivity contribution in [3.8, 4) is 0 Å². The minimum Gasteiger partial charge on any atom is -0.394 e. The summed E-state index contributed by atoms with van der Waals surface area (Å²) in [5, 5.41) is 9.17. The standard InChI is InChI=1S/C13H21N5O3/c1-7-3-9(5-19)21-10(7)4-18-6-16-11(8(2)20)12(18)17-13(14)15/h6-7,9-10,19H,3-5H2,1-2H3,(H4,14,15,17)/t7-,9-,10-/m0/s1. The number of aliphatic imine (C=N–C) groups is 1. The smallest absolute Gasteiger partial charge is 0.192 e. The fraction of sp³-hybridized carbons (Fsp3) is 0.615. The van der Waals surface area contributed by atoms with Crippen LogP contribution in [0.1, 0.15) is 30.8 Å². The van der Waals surface area contributed by atoms with Crippen molar-refractivity contribution in [1.29, 1.82) is 0 Å². The molecule has 0 aliphatic carbocycles. The van der Waals surface area contributed by atoms with Crippen molar-refractivity contribution in [3.05, 3.63) is 12.0 Å². The van der Waals surface area contributed by atoms with Crippen molar-refractivity contribution in [3.63, 3.8) is 0 Å². The maximum atomic E-state index is 11.6. The molecule has 0 bridgehead atoms. The van der Waals surface area contributed by atoms with Gasteiger partial charge in [-0.3, -0.25) is 4.79 Å². The van der Waals surface area contributed by atoms with Gasteiger partial charge in [-0.1, -0.05) is 6.92 Å². The molecule has 116 valence electrons. The summed E-state index contributed by atoms with van der Waals surface area (Å²) >= 11 is 0. The van der Waals surface area contributed by atoms with Crippen LogP contribution in [-0.2, 0) is 11.3 Å². The van der Waals surface area contributed by atoms with Crippen LogP contribution in [0.15, 0.2) is 11.3 Å². The van der Waals surface area contributed by atoms with E-state index in [1.54, 1.807) is 4.57 Å². The third-order valence-corrected chi connectivity index (χ3v) is 3.60. The molecule has 0 saturated carbocycles. The number of ketones is 1. The van der Waals surface area contributed by atoms with Crippen LogP contribution < -0.4 is 11.5 Å². The normalized spacial score (nSPS) is 25.0. The highest BCUT2D eigenvalue weighted by atomic mass is 16.5. The predicted molar refractivity (Wildman–Crippen MR) is 77.2 cm³/mol. The van der Waals surface area contributed by atoms with Crippen molar-refractivity contribution in [2.45, 2.75) is 39.0 Å². The van der Waals surface area contributed by atoms with Crippen LogP contribution >= 0.6 is 0 Å². The molecule has 0 aromatic carbocycles. The zero-order chi connectivity index (χ0) is 15.6. The van der Waals surface area contributed by atoms with E-state index in [-0.39, 0.29) is 42.2 Å². The van der Waals surface area contributed by atoms with Gasteiger partial charge >= 0.3 is 0 Å². The molecule has 5 N–H and O–H groups in total. The molecular formula is C13H21N5O3. The number of aliphatic hydroxyl groups excluding tert-OH is 1. The number of carbonyl (C=O) groups is 1. The van der Waals surface area contributed by atoms with Crippen LogP contribution in [0.25, 0.3) is 0 Å². The number of nitrogens with zero attached hydrogens (tertiary/aromatic N) is 3. The van der Waals surface area contributed by atoms with E-state index in [0.717, 1.165) is 6.42 Å². The van der Waals surface area contributed by atoms with Gasteiger partial charge in [0.1, 0.15) is 0 Å². The summed E-state index contributed by atoms with van der Waals surface area (Å²) in [5.41, 5.74) is 11.1. The van der Waals surface area contributed by atoms with Gasteiger partial charge in [0.15, 0.2) is 23.3 Å². The van der Waals surface area contributed by atoms with Gasteiger partial charge in [0, 0.05) is 6.92 Å². The first-order chi connectivity index (χ1) is 9.92. The number of Topliss-reactive ketones (excluding diaryl/α,β-unsaturated/α-hetero) is 1. The van der Waals surface area contributed by atoms with Gasteiger partial charge in [0.2, 0.25) is 0 Å². The second-order valence-corrected chi connectivity index (χ2v) is 5.35. The Morgan fingerprint density at radius 1 is 1.62 bits per heavy atom. The van der Waals surface area contributed by atoms with Gasteiger partial charge in [0.25, 0.3) is 0 Å². The second kappa shape index (κ2) is 6.23. The Hall–Kier alpha value is -1.93. The first-order valence-electron chi connectivity index (χ1n) is 6.84. The zero-order valence-electron chi connectivity index (χ0n) is 12.2. The van der Waals surface area contributed by atoms with E-state index in [1.807, 2.05) is 0 Å². The monoisotopic (exact) mass is 295 g/mol. The van der Waals surface area contributed by atoms with Crippen molar-refractivity contribution in [1.82, 2.24) is 9.55 Å². The molecule has 0 radical (unpaired) electrons. The molecule has 2 heterocycles. The molecule has 8 heteroatoms. The summed E-state index contributed by atoms with van der Waals surface area (Å²) in [6, 6.07) is 0. The van der Waals surface area contributed by atoms with Crippen molar-refractivity contribution >= 4 is 17.6 Å². The largest absolute Gasteiger partial charge is 0.394 e. The highest BCUT2D eigenvalue weighted by Crippen LogP contribution is 2.29. The number of nitrogens with two attached hydrogens (primary N) is 2. The molecule has 1 fully saturated rings. The van der Waals surface area contributed by atoms with E-state index >= 15 is 0 Å². The molecule has 8 nitrogen and oxygen atoms in total. The number of ether oxygens (including phenoxy) is 1. The number of rotatable bonds is 5. The highest BCUT2D eigenvalue weighted by molar-refractivity contribution is 5.97. The molecule has 1 aliphatic heterocycles. The van der Waals surface area contributed by atoms with Gasteiger partial charge in [-0.15, -0.1) is 0 Å². The van der Waals surface area contributed by atoms with Crippen LogP contribution in [0.5, 0.6) is 0 Å². The lowest BCUT2D eigenvalue weighted by Gasteiger charge is -2.16. The van der Waals surface area contributed by atoms with Crippen molar-refractivity contribution in [2.75, 3.05) is 6.61 Å². The van der Waals surface area contributed by atoms with Gasteiger partial charge in [-0.2, -0.15) is 4.99 Å². The lowest BCUT2D eigenvalue weighted by atomic mass is 10.0.